The highest BCUT2D eigenvalue weighted by Gasteiger charge is 2.53. The summed E-state index contributed by atoms with van der Waals surface area (Å²) in [5, 5.41) is 34.4. The maximum atomic E-state index is 10.1. The summed E-state index contributed by atoms with van der Waals surface area (Å²) in [7, 11) is 0. The average molecular weight is 821 g/mol. The molecule has 1 saturated carbocycles. The Morgan fingerprint density at radius 1 is 0.597 bits per heavy atom. The average Bonchev–Trinajstić information content (AvgIpc) is 3.86. The van der Waals surface area contributed by atoms with Gasteiger partial charge < -0.3 is 10.2 Å². The molecule has 1 N–H and O–H groups in total. The van der Waals surface area contributed by atoms with E-state index in [1.54, 1.807) is 11.1 Å². The van der Waals surface area contributed by atoms with Gasteiger partial charge in [-0.3, -0.25) is 4.90 Å². The van der Waals surface area contributed by atoms with Crippen molar-refractivity contribution in [2.75, 3.05) is 0 Å². The molecule has 0 bridgehead atoms. The number of dihydropyridines is 1. The number of rotatable bonds is 6. The number of nitriles is 3. The van der Waals surface area contributed by atoms with Crippen LogP contribution < -0.4 is 5.32 Å². The molecule has 318 valence electrons. The van der Waals surface area contributed by atoms with E-state index in [-0.39, 0.29) is 30.1 Å². The fourth-order valence-corrected chi connectivity index (χ4v) is 15.2. The number of nitrogens with zero attached hydrogens (tertiary/aromatic N) is 5. The second kappa shape index (κ2) is 17.0. The zero-order chi connectivity index (χ0) is 41.7. The Bertz CT molecular complexity index is 2270. The third-order valence-electron chi connectivity index (χ3n) is 17.7. The van der Waals surface area contributed by atoms with Crippen LogP contribution in [0.25, 0.3) is 0 Å². The lowest BCUT2D eigenvalue weighted by atomic mass is 9.60. The maximum absolute atomic E-state index is 10.1. The third-order valence-corrected chi connectivity index (χ3v) is 17.7. The Morgan fingerprint density at radius 3 is 2.34 bits per heavy atom. The predicted octanol–water partition coefficient (Wildman–Crippen LogP) is 11.4. The second-order valence-electron chi connectivity index (χ2n) is 20.6. The summed E-state index contributed by atoms with van der Waals surface area (Å²) in [6, 6.07) is 8.85. The molecule has 6 heteroatoms. The molecule has 6 nitrogen and oxygen atoms in total. The molecule has 0 aromatic heterocycles. The second-order valence-corrected chi connectivity index (χ2v) is 20.6. The molecule has 0 amide bonds. The molecule has 0 radical (unpaired) electrons. The molecular weight excluding hydrogens is 757 g/mol. The molecule has 0 aromatic rings. The van der Waals surface area contributed by atoms with E-state index >= 15 is 0 Å². The Balaban J connectivity index is 0.988. The Kier molecular flexibility index (Phi) is 11.0. The minimum Gasteiger partial charge on any atom is -0.353 e. The van der Waals surface area contributed by atoms with E-state index < -0.39 is 0 Å². The number of allylic oxidation sites excluding steroid dienone is 15. The molecule has 8 aliphatic carbocycles. The van der Waals surface area contributed by atoms with Gasteiger partial charge in [0.2, 0.25) is 0 Å². The Morgan fingerprint density at radius 2 is 1.44 bits per heavy atom. The number of nitrogens with one attached hydrogen (secondary N) is 1. The lowest BCUT2D eigenvalue weighted by Crippen LogP contribution is -2.55. The van der Waals surface area contributed by atoms with Crippen LogP contribution >= 0.6 is 0 Å². The van der Waals surface area contributed by atoms with Crippen molar-refractivity contribution in [3.63, 3.8) is 0 Å². The first-order valence-corrected chi connectivity index (χ1v) is 24.8. The topological polar surface area (TPSA) is 89.9 Å². The summed E-state index contributed by atoms with van der Waals surface area (Å²) in [4.78, 5) is 5.65. The molecule has 15 atom stereocenters. The van der Waals surface area contributed by atoms with Gasteiger partial charge in [0.15, 0.2) is 0 Å². The summed E-state index contributed by atoms with van der Waals surface area (Å²) in [5.41, 5.74) is 5.88. The van der Waals surface area contributed by atoms with Crippen molar-refractivity contribution in [3.8, 4) is 18.2 Å². The van der Waals surface area contributed by atoms with E-state index in [1.165, 1.54) is 76.5 Å². The summed E-state index contributed by atoms with van der Waals surface area (Å²) < 4.78 is 0. The van der Waals surface area contributed by atoms with Crippen LogP contribution in [0.1, 0.15) is 103 Å². The quantitative estimate of drug-likeness (QED) is 0.268. The van der Waals surface area contributed by atoms with Crippen molar-refractivity contribution >= 4 is 0 Å². The first-order chi connectivity index (χ1) is 30.6. The van der Waals surface area contributed by atoms with E-state index in [2.05, 4.69) is 131 Å². The molecule has 3 heterocycles. The highest BCUT2D eigenvalue weighted by atomic mass is 15.4. The van der Waals surface area contributed by atoms with Gasteiger partial charge in [0.25, 0.3) is 0 Å². The first kappa shape index (κ1) is 40.0. The molecule has 15 unspecified atom stereocenters. The van der Waals surface area contributed by atoms with Crippen LogP contribution in [0.3, 0.4) is 0 Å². The van der Waals surface area contributed by atoms with Gasteiger partial charge in [0, 0.05) is 58.5 Å². The van der Waals surface area contributed by atoms with Gasteiger partial charge in [-0.05, 0) is 149 Å². The number of fused-ring (bicyclic) bond motifs is 6. The molecule has 2 saturated heterocycles. The lowest BCUT2D eigenvalue weighted by Gasteiger charge is -2.47. The van der Waals surface area contributed by atoms with E-state index in [4.69, 9.17) is 0 Å². The van der Waals surface area contributed by atoms with Crippen molar-refractivity contribution in [2.45, 2.75) is 133 Å². The van der Waals surface area contributed by atoms with Crippen LogP contribution in [0, 0.1) is 93.2 Å². The largest absolute Gasteiger partial charge is 0.353 e. The first-order valence-electron chi connectivity index (χ1n) is 24.8. The summed E-state index contributed by atoms with van der Waals surface area (Å²) in [5.74, 6) is 5.80. The van der Waals surface area contributed by atoms with E-state index in [0.717, 1.165) is 48.8 Å². The minimum atomic E-state index is 0.0163. The van der Waals surface area contributed by atoms with Crippen LogP contribution in [0.5, 0.6) is 0 Å². The van der Waals surface area contributed by atoms with Crippen molar-refractivity contribution in [1.82, 2.24) is 15.1 Å². The minimum absolute atomic E-state index is 0.0163. The molecule has 3 fully saturated rings. The zero-order valence-electron chi connectivity index (χ0n) is 36.4. The van der Waals surface area contributed by atoms with Gasteiger partial charge in [0.1, 0.15) is 12.0 Å². The highest BCUT2D eigenvalue weighted by Crippen LogP contribution is 2.54. The van der Waals surface area contributed by atoms with Crippen LogP contribution in [-0.4, -0.2) is 40.1 Å². The summed E-state index contributed by atoms with van der Waals surface area (Å²) in [6.45, 7) is 0. The SMILES string of the molecule is N#CC1=CC2C3C=C(C#N)CCC3N(C3C=C(C4CCCCC4C4CCCC=C4C4C=CC=CC4C4C=C(C#N)CCC4)C=C(N4C5C=CCCC5C5C=CCCC54)N3)C2C=C1. The molecular formula is C56H64N6. The van der Waals surface area contributed by atoms with E-state index in [0.29, 0.717) is 59.4 Å². The monoisotopic (exact) mass is 821 g/mol. The molecule has 3 aliphatic heterocycles. The zero-order valence-corrected chi connectivity index (χ0v) is 36.4. The molecule has 0 aromatic carbocycles. The third kappa shape index (κ3) is 6.99. The van der Waals surface area contributed by atoms with Gasteiger partial charge in [-0.25, -0.2) is 0 Å². The smallest absolute Gasteiger partial charge is 0.104 e. The van der Waals surface area contributed by atoms with Crippen molar-refractivity contribution in [1.29, 1.82) is 15.8 Å². The summed E-state index contributed by atoms with van der Waals surface area (Å²) >= 11 is 0. The molecule has 11 aliphatic rings. The Hall–Kier alpha value is -4.83. The number of hydrogen-bond donors (Lipinski definition) is 1. The Labute approximate surface area is 370 Å². The van der Waals surface area contributed by atoms with Crippen LogP contribution in [0.2, 0.25) is 0 Å². The number of hydrogen-bond acceptors (Lipinski definition) is 6. The molecule has 0 spiro atoms. The summed E-state index contributed by atoms with van der Waals surface area (Å²) in [6.07, 6.45) is 57.4. The maximum Gasteiger partial charge on any atom is 0.104 e. The van der Waals surface area contributed by atoms with Gasteiger partial charge in [-0.15, -0.1) is 0 Å². The van der Waals surface area contributed by atoms with Gasteiger partial charge in [-0.2, -0.15) is 15.8 Å². The lowest BCUT2D eigenvalue weighted by molar-refractivity contribution is 0.119. The van der Waals surface area contributed by atoms with Crippen molar-refractivity contribution < 1.29 is 0 Å². The normalized spacial score (nSPS) is 41.9. The fourth-order valence-electron chi connectivity index (χ4n) is 15.2. The highest BCUT2D eigenvalue weighted by molar-refractivity contribution is 5.44. The van der Waals surface area contributed by atoms with Crippen LogP contribution in [-0.2, 0) is 0 Å². The number of likely N-dealkylation sites (tertiary alicyclic amines) is 2. The van der Waals surface area contributed by atoms with Crippen LogP contribution in [0.15, 0.2) is 131 Å². The standard InChI is InChI=1S/C56H64N6/c57-33-36-12-11-13-39(28-36)41-14-1-3-16-43(41)45-18-5-6-19-46(45)44-17-4-2-15-42(44)40-31-55(61-51-22-9-7-20-47(51)48-21-8-10-23-52(48)61)60-56(32-40)62-53-26-24-37(34-58)29-49(53)50-30-38(35-59)25-27-54(50)62/h1,3,7,10,14,16,18,20,23-24,26,28-32,39,41-44,46-54,56,60H,2,4-6,8-9,11-13,15,17,19,21-22,25,27H2. The van der Waals surface area contributed by atoms with Crippen LogP contribution in [0.4, 0.5) is 0 Å². The van der Waals surface area contributed by atoms with Crippen molar-refractivity contribution in [2.24, 2.45) is 59.2 Å². The van der Waals surface area contributed by atoms with E-state index in [1.807, 2.05) is 0 Å². The molecule has 62 heavy (non-hydrogen) atoms. The van der Waals surface area contributed by atoms with Gasteiger partial charge >= 0.3 is 0 Å². The van der Waals surface area contributed by atoms with Gasteiger partial charge in [-0.1, -0.05) is 97.4 Å². The molecule has 11 rings (SSSR count). The van der Waals surface area contributed by atoms with Crippen molar-refractivity contribution in [3.05, 3.63) is 131 Å². The van der Waals surface area contributed by atoms with Gasteiger partial charge in [0.05, 0.1) is 24.2 Å². The predicted molar refractivity (Wildman–Crippen MR) is 246 cm³/mol. The fraction of sp³-hybridized carbons (Fsp3) is 0.554. The van der Waals surface area contributed by atoms with E-state index in [9.17, 15) is 15.8 Å².